The molecule has 5 nitrogen and oxygen atoms in total. The maximum Gasteiger partial charge on any atom is 0.206 e. The minimum atomic E-state index is -2.98. The van der Waals surface area contributed by atoms with Crippen molar-refractivity contribution in [3.63, 3.8) is 0 Å². The molecule has 0 saturated carbocycles. The number of allylic oxidation sites excluding steroid dienone is 8. The number of sulfone groups is 2. The van der Waals surface area contributed by atoms with Gasteiger partial charge < -0.3 is 5.48 Å². The first-order valence-electron chi connectivity index (χ1n) is 5.13. The molecule has 4 heterocycles. The molecule has 2 N–H and O–H groups in total. The first-order valence-corrected chi connectivity index (χ1v) is 8.09. The van der Waals surface area contributed by atoms with E-state index in [0.717, 1.165) is 0 Å². The van der Waals surface area contributed by atoms with Crippen LogP contribution in [0.1, 0.15) is 0 Å². The van der Waals surface area contributed by atoms with Crippen LogP contribution < -0.4 is 0 Å². The van der Waals surface area contributed by atoms with Crippen LogP contribution in [0.25, 0.3) is 0 Å². The highest BCUT2D eigenvalue weighted by Crippen LogP contribution is 2.32. The van der Waals surface area contributed by atoms with Crippen LogP contribution in [0.3, 0.4) is 0 Å². The monoisotopic (exact) mass is 298 g/mol. The van der Waals surface area contributed by atoms with Crippen molar-refractivity contribution < 1.29 is 22.3 Å². The fourth-order valence-corrected chi connectivity index (χ4v) is 4.39. The van der Waals surface area contributed by atoms with Crippen molar-refractivity contribution in [1.82, 2.24) is 0 Å². The zero-order valence-electron chi connectivity index (χ0n) is 9.57. The number of hydrogen-bond acceptors (Lipinski definition) is 4. The standard InChI is InChI=1S/2C6H4O2S.H2O/c2*7-9(8)5-1-2-6(9)4-3-5;/h2*1-4H;1H2. The summed E-state index contributed by atoms with van der Waals surface area (Å²) in [5.74, 6) is 0. The summed E-state index contributed by atoms with van der Waals surface area (Å²) < 4.78 is 43.8. The first kappa shape index (κ1) is 13.7. The average Bonchev–Trinajstić information content (AvgIpc) is 2.99. The van der Waals surface area contributed by atoms with E-state index in [1.165, 1.54) is 0 Å². The first-order chi connectivity index (χ1) is 8.42. The number of rotatable bonds is 0. The van der Waals surface area contributed by atoms with Gasteiger partial charge in [-0.15, -0.1) is 0 Å². The van der Waals surface area contributed by atoms with E-state index < -0.39 is 19.7 Å². The van der Waals surface area contributed by atoms with E-state index in [9.17, 15) is 16.8 Å². The lowest BCUT2D eigenvalue weighted by atomic mass is 10.3. The molecule has 0 atom stereocenters. The Morgan fingerprint density at radius 1 is 0.526 bits per heavy atom. The molecule has 4 bridgehead atoms. The van der Waals surface area contributed by atoms with Gasteiger partial charge in [0.25, 0.3) is 0 Å². The van der Waals surface area contributed by atoms with Crippen LogP contribution in [0.4, 0.5) is 0 Å². The van der Waals surface area contributed by atoms with E-state index in [4.69, 9.17) is 0 Å². The van der Waals surface area contributed by atoms with E-state index in [1.54, 1.807) is 48.6 Å². The third kappa shape index (κ3) is 1.86. The van der Waals surface area contributed by atoms with Crippen molar-refractivity contribution in [2.45, 2.75) is 0 Å². The molecule has 0 aromatic carbocycles. The van der Waals surface area contributed by atoms with E-state index in [1.807, 2.05) is 0 Å². The van der Waals surface area contributed by atoms with Crippen molar-refractivity contribution in [3.8, 4) is 0 Å². The highest BCUT2D eigenvalue weighted by molar-refractivity contribution is 8.00. The highest BCUT2D eigenvalue weighted by atomic mass is 32.2. The molecule has 0 spiro atoms. The van der Waals surface area contributed by atoms with E-state index >= 15 is 0 Å². The van der Waals surface area contributed by atoms with Gasteiger partial charge in [0.15, 0.2) is 0 Å². The van der Waals surface area contributed by atoms with Crippen molar-refractivity contribution in [1.29, 1.82) is 0 Å². The summed E-state index contributed by atoms with van der Waals surface area (Å²) in [6, 6.07) is 0. The van der Waals surface area contributed by atoms with Gasteiger partial charge in [0.2, 0.25) is 19.7 Å². The van der Waals surface area contributed by atoms with Crippen LogP contribution in [-0.4, -0.2) is 22.3 Å². The summed E-state index contributed by atoms with van der Waals surface area (Å²) in [6.07, 6.45) is 12.9. The third-order valence-corrected chi connectivity index (χ3v) is 6.46. The van der Waals surface area contributed by atoms with Gasteiger partial charge in [-0.3, -0.25) is 0 Å². The Bertz CT molecular complexity index is 701. The molecule has 0 fully saturated rings. The predicted octanol–water partition coefficient (Wildman–Crippen LogP) is 0.680. The van der Waals surface area contributed by atoms with Crippen LogP contribution in [0.5, 0.6) is 0 Å². The SMILES string of the molecule is O.O=S1(=O)C2=CC=C1C=C2.O=S1(=O)C2=CC=C1C=C2. The van der Waals surface area contributed by atoms with Gasteiger partial charge in [0.1, 0.15) is 0 Å². The second kappa shape index (κ2) is 4.16. The molecule has 100 valence electrons. The summed E-state index contributed by atoms with van der Waals surface area (Å²) in [7, 11) is -5.96. The molecule has 0 aromatic heterocycles. The summed E-state index contributed by atoms with van der Waals surface area (Å²) in [5, 5.41) is 0. The number of hydrogen-bond donors (Lipinski definition) is 0. The third-order valence-electron chi connectivity index (χ3n) is 2.89. The fraction of sp³-hybridized carbons (Fsp3) is 0. The Morgan fingerprint density at radius 2 is 0.737 bits per heavy atom. The van der Waals surface area contributed by atoms with Crippen LogP contribution in [-0.2, 0) is 19.7 Å². The molecule has 0 saturated heterocycles. The lowest BCUT2D eigenvalue weighted by Gasteiger charge is -1.86. The molecule has 0 aromatic rings. The average molecular weight is 298 g/mol. The molecule has 0 amide bonds. The van der Waals surface area contributed by atoms with Gasteiger partial charge in [-0.25, -0.2) is 16.8 Å². The zero-order chi connectivity index (χ0) is 13.0. The lowest BCUT2D eigenvalue weighted by Crippen LogP contribution is -1.92. The molecule has 4 rings (SSSR count). The van der Waals surface area contributed by atoms with Gasteiger partial charge in [-0.2, -0.15) is 0 Å². The molecule has 4 aliphatic heterocycles. The van der Waals surface area contributed by atoms with Gasteiger partial charge in [-0.05, 0) is 48.6 Å². The minimum absolute atomic E-state index is 0. The molecule has 7 heteroatoms. The molecule has 0 unspecified atom stereocenters. The maximum atomic E-state index is 11.0. The lowest BCUT2D eigenvalue weighted by molar-refractivity contribution is 0.609. The maximum absolute atomic E-state index is 11.0. The van der Waals surface area contributed by atoms with Crippen molar-refractivity contribution in [2.24, 2.45) is 0 Å². The van der Waals surface area contributed by atoms with E-state index in [-0.39, 0.29) is 5.48 Å². The Balaban J connectivity index is 0.000000133. The minimum Gasteiger partial charge on any atom is -0.412 e. The summed E-state index contributed by atoms with van der Waals surface area (Å²) in [6.45, 7) is 0. The largest absolute Gasteiger partial charge is 0.412 e. The summed E-state index contributed by atoms with van der Waals surface area (Å²) in [4.78, 5) is 1.71. The summed E-state index contributed by atoms with van der Waals surface area (Å²) >= 11 is 0. The van der Waals surface area contributed by atoms with Crippen LogP contribution >= 0.6 is 0 Å². The van der Waals surface area contributed by atoms with Crippen LogP contribution in [0.15, 0.2) is 68.2 Å². The quantitative estimate of drug-likeness (QED) is 0.656. The van der Waals surface area contributed by atoms with Crippen LogP contribution in [0.2, 0.25) is 0 Å². The normalized spacial score (nSPS) is 24.8. The molecule has 0 radical (unpaired) electrons. The van der Waals surface area contributed by atoms with E-state index in [2.05, 4.69) is 0 Å². The molecule has 0 aliphatic carbocycles. The fourth-order valence-electron chi connectivity index (χ4n) is 1.87. The Morgan fingerprint density at radius 3 is 0.789 bits per heavy atom. The highest BCUT2D eigenvalue weighted by Gasteiger charge is 2.29. The Kier molecular flexibility index (Phi) is 3.00. The van der Waals surface area contributed by atoms with E-state index in [0.29, 0.717) is 19.6 Å². The second-order valence-electron chi connectivity index (χ2n) is 3.95. The Hall–Kier alpha value is -1.70. The smallest absolute Gasteiger partial charge is 0.206 e. The number of fused-ring (bicyclic) bond motifs is 4. The zero-order valence-corrected chi connectivity index (χ0v) is 11.2. The summed E-state index contributed by atoms with van der Waals surface area (Å²) in [5.41, 5.74) is 0. The van der Waals surface area contributed by atoms with Gasteiger partial charge in [-0.1, -0.05) is 0 Å². The van der Waals surface area contributed by atoms with Gasteiger partial charge >= 0.3 is 0 Å². The van der Waals surface area contributed by atoms with Gasteiger partial charge in [0, 0.05) is 0 Å². The molecule has 4 aliphatic rings. The Labute approximate surface area is 110 Å². The predicted molar refractivity (Wildman–Crippen MR) is 72.1 cm³/mol. The van der Waals surface area contributed by atoms with Crippen LogP contribution in [0, 0.1) is 0 Å². The van der Waals surface area contributed by atoms with Gasteiger partial charge in [0.05, 0.1) is 19.6 Å². The molecule has 19 heavy (non-hydrogen) atoms. The second-order valence-corrected chi connectivity index (χ2v) is 7.85. The molecular weight excluding hydrogens is 288 g/mol. The van der Waals surface area contributed by atoms with Crippen molar-refractivity contribution in [3.05, 3.63) is 68.2 Å². The van der Waals surface area contributed by atoms with Crippen molar-refractivity contribution in [2.75, 3.05) is 0 Å². The molecular formula is C12H10O5S2. The van der Waals surface area contributed by atoms with Crippen molar-refractivity contribution >= 4 is 19.7 Å². The topological polar surface area (TPSA) is 99.8 Å².